The van der Waals surface area contributed by atoms with E-state index in [1.54, 1.807) is 0 Å². The molecule has 3 aliphatic rings. The molecule has 0 aromatic heterocycles. The van der Waals surface area contributed by atoms with Gasteiger partial charge >= 0.3 is 5.97 Å². The molecule has 11 heteroatoms. The summed E-state index contributed by atoms with van der Waals surface area (Å²) in [5.74, 6) is -2.68. The van der Waals surface area contributed by atoms with E-state index in [4.69, 9.17) is 14.2 Å². The van der Waals surface area contributed by atoms with E-state index in [0.717, 1.165) is 19.3 Å². The minimum atomic E-state index is -1.64. The number of rotatable bonds is 5. The molecule has 214 valence electrons. The van der Waals surface area contributed by atoms with E-state index < -0.39 is 60.6 Å². The summed E-state index contributed by atoms with van der Waals surface area (Å²) in [7, 11) is 0. The first-order valence-electron chi connectivity index (χ1n) is 13.3. The molecule has 0 amide bonds. The van der Waals surface area contributed by atoms with Crippen molar-refractivity contribution in [2.24, 2.45) is 0 Å². The average molecular weight is 557 g/mol. The van der Waals surface area contributed by atoms with Gasteiger partial charge in [0.05, 0.1) is 18.3 Å². The van der Waals surface area contributed by atoms with Crippen molar-refractivity contribution in [3.63, 3.8) is 0 Å². The van der Waals surface area contributed by atoms with Gasteiger partial charge in [0.2, 0.25) is 6.29 Å². The van der Waals surface area contributed by atoms with Gasteiger partial charge in [-0.3, -0.25) is 14.4 Å². The predicted octanol–water partition coefficient (Wildman–Crippen LogP) is 1.84. The first-order valence-corrected chi connectivity index (χ1v) is 13.3. The molecular weight excluding hydrogens is 524 g/mol. The molecule has 0 spiro atoms. The van der Waals surface area contributed by atoms with E-state index in [-0.39, 0.29) is 50.8 Å². The fraction of sp³-hybridized carbons (Fsp3) is 0.483. The minimum absolute atomic E-state index is 0.00566. The number of carbonyl (C=O) groups excluding carboxylic acids is 3. The molecule has 1 heterocycles. The van der Waals surface area contributed by atoms with Gasteiger partial charge in [0, 0.05) is 29.2 Å². The number of phenolic OH excluding ortho intramolecular Hbond substituents is 1. The van der Waals surface area contributed by atoms with Crippen molar-refractivity contribution in [1.82, 2.24) is 0 Å². The minimum Gasteiger partial charge on any atom is -0.507 e. The zero-order valence-electron chi connectivity index (χ0n) is 22.1. The number of aliphatic hydroxyl groups is 4. The van der Waals surface area contributed by atoms with Gasteiger partial charge in [0.1, 0.15) is 35.6 Å². The molecule has 2 aromatic rings. The van der Waals surface area contributed by atoms with Crippen LogP contribution in [0, 0.1) is 0 Å². The van der Waals surface area contributed by atoms with Gasteiger partial charge in [-0.2, -0.15) is 0 Å². The Balaban J connectivity index is 1.66. The van der Waals surface area contributed by atoms with E-state index in [1.165, 1.54) is 32.0 Å². The van der Waals surface area contributed by atoms with Crippen LogP contribution in [0.3, 0.4) is 0 Å². The van der Waals surface area contributed by atoms with Crippen LogP contribution in [0.2, 0.25) is 0 Å². The van der Waals surface area contributed by atoms with E-state index in [9.17, 15) is 39.9 Å². The summed E-state index contributed by atoms with van der Waals surface area (Å²) < 4.78 is 16.7. The van der Waals surface area contributed by atoms with Crippen molar-refractivity contribution in [2.75, 3.05) is 0 Å². The molecule has 1 saturated heterocycles. The number of hydrogen-bond donors (Lipinski definition) is 5. The van der Waals surface area contributed by atoms with Crippen LogP contribution in [0.1, 0.15) is 94.8 Å². The lowest BCUT2D eigenvalue weighted by molar-refractivity contribution is -0.268. The van der Waals surface area contributed by atoms with Gasteiger partial charge in [-0.15, -0.1) is 0 Å². The molecule has 40 heavy (non-hydrogen) atoms. The van der Waals surface area contributed by atoms with E-state index >= 15 is 0 Å². The summed E-state index contributed by atoms with van der Waals surface area (Å²) in [5, 5.41) is 52.5. The topological polar surface area (TPSA) is 180 Å². The largest absolute Gasteiger partial charge is 0.507 e. The molecule has 1 aliphatic heterocycles. The SMILES string of the molecule is CC(=O)Oc1cc(CO)c2c(c1)C(=O)c1cc(O[C@H]3O[C@H](C)[C@@H](O)[C@@H](O)[C@H]3O)c(C3CCCCC3)c(O)c1C2=O. The number of fused-ring (bicyclic) bond motifs is 2. The molecule has 0 unspecified atom stereocenters. The quantitative estimate of drug-likeness (QED) is 0.229. The second-order valence-corrected chi connectivity index (χ2v) is 10.6. The Labute approximate surface area is 229 Å². The highest BCUT2D eigenvalue weighted by molar-refractivity contribution is 6.30. The van der Waals surface area contributed by atoms with E-state index in [0.29, 0.717) is 12.8 Å². The van der Waals surface area contributed by atoms with Crippen molar-refractivity contribution in [3.8, 4) is 17.2 Å². The first kappa shape index (κ1) is 28.2. The maximum absolute atomic E-state index is 13.8. The fourth-order valence-corrected chi connectivity index (χ4v) is 5.93. The molecule has 1 saturated carbocycles. The maximum atomic E-state index is 13.8. The van der Waals surface area contributed by atoms with Gasteiger partial charge in [-0.1, -0.05) is 19.3 Å². The number of ketones is 2. The lowest BCUT2D eigenvalue weighted by Crippen LogP contribution is -2.58. The van der Waals surface area contributed by atoms with Crippen LogP contribution in [-0.2, 0) is 16.1 Å². The van der Waals surface area contributed by atoms with Crippen LogP contribution in [0.25, 0.3) is 0 Å². The zero-order valence-corrected chi connectivity index (χ0v) is 22.1. The van der Waals surface area contributed by atoms with Crippen LogP contribution in [-0.4, -0.2) is 73.8 Å². The smallest absolute Gasteiger partial charge is 0.308 e. The zero-order chi connectivity index (χ0) is 28.9. The highest BCUT2D eigenvalue weighted by Gasteiger charge is 2.44. The number of benzene rings is 2. The summed E-state index contributed by atoms with van der Waals surface area (Å²) in [6.07, 6.45) is -2.78. The monoisotopic (exact) mass is 556 g/mol. The summed E-state index contributed by atoms with van der Waals surface area (Å²) in [6, 6.07) is 3.85. The Morgan fingerprint density at radius 1 is 0.950 bits per heavy atom. The summed E-state index contributed by atoms with van der Waals surface area (Å²) >= 11 is 0. The molecular formula is C29H32O11. The molecule has 5 atom stereocenters. The average Bonchev–Trinajstić information content (AvgIpc) is 2.92. The van der Waals surface area contributed by atoms with Gasteiger partial charge in [-0.25, -0.2) is 0 Å². The molecule has 2 aromatic carbocycles. The number of aliphatic hydroxyl groups excluding tert-OH is 4. The summed E-state index contributed by atoms with van der Waals surface area (Å²) in [5.41, 5.74) is -0.253. The highest BCUT2D eigenvalue weighted by atomic mass is 16.7. The molecule has 2 aliphatic carbocycles. The summed E-state index contributed by atoms with van der Waals surface area (Å²) in [6.45, 7) is 2.06. The van der Waals surface area contributed by atoms with Crippen LogP contribution < -0.4 is 9.47 Å². The third-order valence-corrected chi connectivity index (χ3v) is 7.94. The summed E-state index contributed by atoms with van der Waals surface area (Å²) in [4.78, 5) is 39.1. The number of phenols is 1. The van der Waals surface area contributed by atoms with Crippen LogP contribution in [0.5, 0.6) is 17.2 Å². The van der Waals surface area contributed by atoms with Gasteiger partial charge in [-0.05, 0) is 49.4 Å². The van der Waals surface area contributed by atoms with Crippen LogP contribution >= 0.6 is 0 Å². The standard InChI is InChI=1S/C29H32O11/c1-12-23(32)27(36)28(37)29(38-12)40-19-10-18-22(26(35)21(19)14-6-4-3-5-7-14)25(34)20-15(11-30)8-16(39-13(2)31)9-17(20)24(18)33/h8-10,12,14,23,27-30,32,35-37H,3-7,11H2,1-2H3/t12-,23-,27-,28-,29-/m1/s1. The first-order chi connectivity index (χ1) is 19.0. The Hall–Kier alpha value is -3.35. The number of aromatic hydroxyl groups is 1. The Kier molecular flexibility index (Phi) is 7.68. The van der Waals surface area contributed by atoms with Crippen molar-refractivity contribution in [1.29, 1.82) is 0 Å². The Bertz CT molecular complexity index is 1360. The van der Waals surface area contributed by atoms with Crippen molar-refractivity contribution >= 4 is 17.5 Å². The van der Waals surface area contributed by atoms with Gasteiger partial charge < -0.3 is 39.7 Å². The molecule has 11 nitrogen and oxygen atoms in total. The van der Waals surface area contributed by atoms with Crippen molar-refractivity contribution in [3.05, 3.63) is 51.6 Å². The lowest BCUT2D eigenvalue weighted by atomic mass is 9.77. The maximum Gasteiger partial charge on any atom is 0.308 e. The van der Waals surface area contributed by atoms with Crippen LogP contribution in [0.15, 0.2) is 18.2 Å². The number of hydrogen-bond acceptors (Lipinski definition) is 11. The third-order valence-electron chi connectivity index (χ3n) is 7.94. The predicted molar refractivity (Wildman–Crippen MR) is 137 cm³/mol. The normalized spacial score (nSPS) is 26.7. The molecule has 0 bridgehead atoms. The van der Waals surface area contributed by atoms with E-state index in [2.05, 4.69) is 0 Å². The Morgan fingerprint density at radius 2 is 1.62 bits per heavy atom. The van der Waals surface area contributed by atoms with Crippen molar-refractivity contribution < 1.29 is 54.1 Å². The Morgan fingerprint density at radius 3 is 2.27 bits per heavy atom. The molecule has 5 N–H and O–H groups in total. The highest BCUT2D eigenvalue weighted by Crippen LogP contribution is 2.48. The number of ether oxygens (including phenoxy) is 3. The lowest BCUT2D eigenvalue weighted by Gasteiger charge is -2.39. The third kappa shape index (κ3) is 4.77. The van der Waals surface area contributed by atoms with E-state index in [1.807, 2.05) is 0 Å². The number of esters is 1. The van der Waals surface area contributed by atoms with Crippen molar-refractivity contribution in [2.45, 2.75) is 89.2 Å². The van der Waals surface area contributed by atoms with Gasteiger partial charge in [0.25, 0.3) is 0 Å². The molecule has 5 rings (SSSR count). The van der Waals surface area contributed by atoms with Gasteiger partial charge in [0.15, 0.2) is 11.6 Å². The van der Waals surface area contributed by atoms with Crippen LogP contribution in [0.4, 0.5) is 0 Å². The molecule has 0 radical (unpaired) electrons. The molecule has 2 fully saturated rings. The second kappa shape index (κ2) is 10.9. The number of carbonyl (C=O) groups is 3. The fourth-order valence-electron chi connectivity index (χ4n) is 5.93. The second-order valence-electron chi connectivity index (χ2n) is 10.6.